The highest BCUT2D eigenvalue weighted by Gasteiger charge is 2.10. The average Bonchev–Trinajstić information content (AvgIpc) is 2.89. The molecular formula is C11H17N3S2. The van der Waals surface area contributed by atoms with Crippen LogP contribution in [0.3, 0.4) is 0 Å². The minimum atomic E-state index is 0.653. The Balaban J connectivity index is 1.84. The molecule has 0 bridgehead atoms. The highest BCUT2D eigenvalue weighted by Crippen LogP contribution is 2.34. The molecule has 5 heteroatoms. The van der Waals surface area contributed by atoms with Crippen LogP contribution in [0.25, 0.3) is 0 Å². The van der Waals surface area contributed by atoms with Gasteiger partial charge in [-0.05, 0) is 43.5 Å². The highest BCUT2D eigenvalue weighted by molar-refractivity contribution is 7.99. The lowest BCUT2D eigenvalue weighted by Gasteiger charge is -2.05. The van der Waals surface area contributed by atoms with Gasteiger partial charge < -0.3 is 11.1 Å². The number of allylic oxidation sites excluding steroid dienone is 1. The smallest absolute Gasteiger partial charge is 0.153 e. The molecule has 0 saturated heterocycles. The fourth-order valence-corrected chi connectivity index (χ4v) is 3.47. The standard InChI is InChI=1S/C11H17N3S2/c1-15-9-10(12)14-16-11(9)13-7-6-8-4-2-3-5-8/h4,13H,2-3,5-7H2,1H3,(H2,12,14). The lowest BCUT2D eigenvalue weighted by molar-refractivity contribution is 0.863. The second kappa shape index (κ2) is 5.59. The molecule has 1 aliphatic rings. The van der Waals surface area contributed by atoms with Crippen LogP contribution >= 0.6 is 23.3 Å². The Morgan fingerprint density at radius 2 is 2.50 bits per heavy atom. The Morgan fingerprint density at radius 1 is 1.62 bits per heavy atom. The molecular weight excluding hydrogens is 238 g/mol. The van der Waals surface area contributed by atoms with Crippen LogP contribution < -0.4 is 11.1 Å². The Labute approximate surface area is 105 Å². The molecule has 1 aliphatic carbocycles. The zero-order chi connectivity index (χ0) is 11.4. The molecule has 3 nitrogen and oxygen atoms in total. The molecule has 1 aromatic heterocycles. The van der Waals surface area contributed by atoms with Gasteiger partial charge in [0.15, 0.2) is 5.82 Å². The number of hydrogen-bond acceptors (Lipinski definition) is 5. The van der Waals surface area contributed by atoms with Crippen molar-refractivity contribution in [3.05, 3.63) is 11.6 Å². The van der Waals surface area contributed by atoms with Crippen LogP contribution in [0.2, 0.25) is 0 Å². The summed E-state index contributed by atoms with van der Waals surface area (Å²) in [5.41, 5.74) is 7.37. The van der Waals surface area contributed by atoms with Crippen LogP contribution in [0.5, 0.6) is 0 Å². The molecule has 16 heavy (non-hydrogen) atoms. The largest absolute Gasteiger partial charge is 0.382 e. The molecule has 0 unspecified atom stereocenters. The molecule has 3 N–H and O–H groups in total. The molecule has 0 amide bonds. The summed E-state index contributed by atoms with van der Waals surface area (Å²) in [5, 5.41) is 4.54. The Morgan fingerprint density at radius 3 is 3.19 bits per heavy atom. The van der Waals surface area contributed by atoms with Gasteiger partial charge in [-0.2, -0.15) is 4.37 Å². The Bertz CT molecular complexity index is 385. The number of nitrogens with two attached hydrogens (primary N) is 1. The van der Waals surface area contributed by atoms with E-state index >= 15 is 0 Å². The van der Waals surface area contributed by atoms with Crippen LogP contribution in [0, 0.1) is 0 Å². The van der Waals surface area contributed by atoms with E-state index in [2.05, 4.69) is 15.8 Å². The van der Waals surface area contributed by atoms with E-state index in [1.54, 1.807) is 17.3 Å². The van der Waals surface area contributed by atoms with Crippen molar-refractivity contribution in [1.82, 2.24) is 4.37 Å². The van der Waals surface area contributed by atoms with Crippen LogP contribution in [0.4, 0.5) is 10.8 Å². The van der Waals surface area contributed by atoms with Crippen molar-refractivity contribution in [2.24, 2.45) is 0 Å². The summed E-state index contributed by atoms with van der Waals surface area (Å²) in [6, 6.07) is 0. The lowest BCUT2D eigenvalue weighted by atomic mass is 10.2. The molecule has 0 atom stereocenters. The van der Waals surface area contributed by atoms with Crippen molar-refractivity contribution in [2.45, 2.75) is 30.6 Å². The number of nitrogens with one attached hydrogen (secondary N) is 1. The number of anilines is 2. The van der Waals surface area contributed by atoms with Gasteiger partial charge in [-0.15, -0.1) is 11.8 Å². The number of thioether (sulfide) groups is 1. The summed E-state index contributed by atoms with van der Waals surface area (Å²) in [6.45, 7) is 0.987. The molecule has 0 saturated carbocycles. The molecule has 88 valence electrons. The third kappa shape index (κ3) is 2.71. The van der Waals surface area contributed by atoms with Gasteiger partial charge in [0.2, 0.25) is 0 Å². The topological polar surface area (TPSA) is 50.9 Å². The molecule has 0 fully saturated rings. The maximum atomic E-state index is 5.77. The second-order valence-corrected chi connectivity index (χ2v) is 5.45. The van der Waals surface area contributed by atoms with Crippen molar-refractivity contribution in [3.8, 4) is 0 Å². The van der Waals surface area contributed by atoms with E-state index in [0.717, 1.165) is 22.9 Å². The van der Waals surface area contributed by atoms with E-state index in [1.165, 1.54) is 30.8 Å². The number of nitrogens with zero attached hydrogens (tertiary/aromatic N) is 1. The monoisotopic (exact) mass is 255 g/mol. The van der Waals surface area contributed by atoms with E-state index < -0.39 is 0 Å². The number of aromatic nitrogens is 1. The highest BCUT2D eigenvalue weighted by atomic mass is 32.2. The molecule has 0 spiro atoms. The van der Waals surface area contributed by atoms with Crippen molar-refractivity contribution in [3.63, 3.8) is 0 Å². The van der Waals surface area contributed by atoms with Crippen LogP contribution in [-0.2, 0) is 0 Å². The first-order valence-electron chi connectivity index (χ1n) is 5.52. The van der Waals surface area contributed by atoms with E-state index in [-0.39, 0.29) is 0 Å². The summed E-state index contributed by atoms with van der Waals surface area (Å²) in [7, 11) is 0. The number of hydrogen-bond donors (Lipinski definition) is 2. The molecule has 0 aliphatic heterocycles. The minimum absolute atomic E-state index is 0.653. The number of nitrogen functional groups attached to an aromatic ring is 1. The summed E-state index contributed by atoms with van der Waals surface area (Å²) < 4.78 is 4.16. The Hall–Kier alpha value is -0.680. The van der Waals surface area contributed by atoms with Gasteiger partial charge in [0.1, 0.15) is 5.00 Å². The first kappa shape index (κ1) is 11.8. The molecule has 1 aromatic rings. The van der Waals surface area contributed by atoms with E-state index in [4.69, 9.17) is 5.73 Å². The van der Waals surface area contributed by atoms with Gasteiger partial charge in [0, 0.05) is 6.54 Å². The van der Waals surface area contributed by atoms with Gasteiger partial charge >= 0.3 is 0 Å². The van der Waals surface area contributed by atoms with Crippen LogP contribution in [-0.4, -0.2) is 17.2 Å². The van der Waals surface area contributed by atoms with Gasteiger partial charge in [-0.1, -0.05) is 11.6 Å². The van der Waals surface area contributed by atoms with Gasteiger partial charge in [-0.3, -0.25) is 0 Å². The summed E-state index contributed by atoms with van der Waals surface area (Å²) in [5.74, 6) is 0.653. The summed E-state index contributed by atoms with van der Waals surface area (Å²) in [6.07, 6.45) is 9.42. The molecule has 1 heterocycles. The van der Waals surface area contributed by atoms with E-state index in [9.17, 15) is 0 Å². The summed E-state index contributed by atoms with van der Waals surface area (Å²) in [4.78, 5) is 1.09. The average molecular weight is 255 g/mol. The normalized spacial score (nSPS) is 15.2. The van der Waals surface area contributed by atoms with Crippen molar-refractivity contribution >= 4 is 34.1 Å². The maximum Gasteiger partial charge on any atom is 0.153 e. The van der Waals surface area contributed by atoms with Crippen LogP contribution in [0.1, 0.15) is 25.7 Å². The quantitative estimate of drug-likeness (QED) is 0.626. The SMILES string of the molecule is CSc1c(N)nsc1NCCC1=CCCC1. The maximum absolute atomic E-state index is 5.77. The fourth-order valence-electron chi connectivity index (χ4n) is 1.90. The van der Waals surface area contributed by atoms with Gasteiger partial charge in [0.05, 0.1) is 4.90 Å². The van der Waals surface area contributed by atoms with Gasteiger partial charge in [-0.25, -0.2) is 0 Å². The van der Waals surface area contributed by atoms with E-state index in [0.29, 0.717) is 5.82 Å². The van der Waals surface area contributed by atoms with Crippen LogP contribution in [0.15, 0.2) is 16.5 Å². The molecule has 0 aromatic carbocycles. The molecule has 2 rings (SSSR count). The fraction of sp³-hybridized carbons (Fsp3) is 0.545. The van der Waals surface area contributed by atoms with Crippen molar-refractivity contribution in [2.75, 3.05) is 23.9 Å². The second-order valence-electron chi connectivity index (χ2n) is 3.86. The third-order valence-corrected chi connectivity index (χ3v) is 4.51. The first-order valence-corrected chi connectivity index (χ1v) is 7.52. The summed E-state index contributed by atoms with van der Waals surface area (Å²) >= 11 is 3.11. The van der Waals surface area contributed by atoms with Gasteiger partial charge in [0.25, 0.3) is 0 Å². The predicted octanol–water partition coefficient (Wildman–Crippen LogP) is 3.36. The van der Waals surface area contributed by atoms with Crippen molar-refractivity contribution in [1.29, 1.82) is 0 Å². The predicted molar refractivity (Wildman–Crippen MR) is 73.3 cm³/mol. The van der Waals surface area contributed by atoms with E-state index in [1.807, 2.05) is 6.26 Å². The minimum Gasteiger partial charge on any atom is -0.382 e. The number of rotatable bonds is 5. The molecule has 0 radical (unpaired) electrons. The van der Waals surface area contributed by atoms with Crippen molar-refractivity contribution < 1.29 is 0 Å². The zero-order valence-corrected chi connectivity index (χ0v) is 11.1. The Kier molecular flexibility index (Phi) is 4.12. The third-order valence-electron chi connectivity index (χ3n) is 2.74. The zero-order valence-electron chi connectivity index (χ0n) is 9.45. The lowest BCUT2D eigenvalue weighted by Crippen LogP contribution is -2.01. The first-order chi connectivity index (χ1) is 7.81.